The third kappa shape index (κ3) is 2.54. The molecule has 22 heavy (non-hydrogen) atoms. The molecule has 7 nitrogen and oxygen atoms in total. The molecule has 0 aliphatic heterocycles. The van der Waals surface area contributed by atoms with Gasteiger partial charge in [0.15, 0.2) is 0 Å². The number of anilines is 1. The minimum absolute atomic E-state index is 0.254. The van der Waals surface area contributed by atoms with E-state index in [9.17, 15) is 4.79 Å². The monoisotopic (exact) mass is 299 g/mol. The first-order valence-corrected chi connectivity index (χ1v) is 7.51. The lowest BCUT2D eigenvalue weighted by atomic mass is 10.3. The summed E-state index contributed by atoms with van der Waals surface area (Å²) < 4.78 is 7.07. The first-order valence-electron chi connectivity index (χ1n) is 7.51. The Morgan fingerprint density at radius 3 is 2.59 bits per heavy atom. The fourth-order valence-electron chi connectivity index (χ4n) is 2.34. The molecule has 2 aliphatic rings. The standard InChI is InChI=1S/C15H17N5O2/c1-22-15-12(8-20(19-15)11-4-5-11)18-14(21)10-6-16-13(17-7-10)9-2-3-9/h6-9,11H,2-5H2,1H3,(H,18,21). The summed E-state index contributed by atoms with van der Waals surface area (Å²) in [4.78, 5) is 20.8. The smallest absolute Gasteiger partial charge is 0.258 e. The first kappa shape index (κ1) is 13.2. The summed E-state index contributed by atoms with van der Waals surface area (Å²) >= 11 is 0. The lowest BCUT2D eigenvalue weighted by molar-refractivity contribution is 0.102. The number of hydrogen-bond donors (Lipinski definition) is 1. The van der Waals surface area contributed by atoms with Crippen molar-refractivity contribution in [3.8, 4) is 5.88 Å². The molecular formula is C15H17N5O2. The van der Waals surface area contributed by atoms with Gasteiger partial charge in [-0.3, -0.25) is 9.48 Å². The van der Waals surface area contributed by atoms with Crippen molar-refractivity contribution < 1.29 is 9.53 Å². The summed E-state index contributed by atoms with van der Waals surface area (Å²) in [6.07, 6.45) is 9.49. The highest BCUT2D eigenvalue weighted by molar-refractivity contribution is 6.04. The lowest BCUT2D eigenvalue weighted by Crippen LogP contribution is -2.13. The van der Waals surface area contributed by atoms with Gasteiger partial charge in [-0.1, -0.05) is 0 Å². The van der Waals surface area contributed by atoms with Crippen LogP contribution in [0.15, 0.2) is 18.6 Å². The van der Waals surface area contributed by atoms with Crippen LogP contribution < -0.4 is 10.1 Å². The van der Waals surface area contributed by atoms with Gasteiger partial charge in [-0.25, -0.2) is 9.97 Å². The molecule has 0 atom stereocenters. The van der Waals surface area contributed by atoms with Crippen molar-refractivity contribution in [2.24, 2.45) is 0 Å². The molecule has 0 radical (unpaired) electrons. The van der Waals surface area contributed by atoms with Crippen molar-refractivity contribution in [3.63, 3.8) is 0 Å². The molecule has 0 bridgehead atoms. The van der Waals surface area contributed by atoms with Crippen molar-refractivity contribution >= 4 is 11.6 Å². The van der Waals surface area contributed by atoms with Crippen LogP contribution in [0.3, 0.4) is 0 Å². The molecule has 4 rings (SSSR count). The van der Waals surface area contributed by atoms with Crippen LogP contribution in [0.1, 0.15) is 53.8 Å². The van der Waals surface area contributed by atoms with E-state index in [0.29, 0.717) is 29.1 Å². The number of carbonyl (C=O) groups excluding carboxylic acids is 1. The Kier molecular flexibility index (Phi) is 3.06. The molecule has 2 fully saturated rings. The number of ether oxygens (including phenoxy) is 1. The minimum atomic E-state index is -0.254. The number of rotatable bonds is 5. The van der Waals surface area contributed by atoms with Crippen LogP contribution >= 0.6 is 0 Å². The van der Waals surface area contributed by atoms with E-state index in [1.54, 1.807) is 19.5 Å². The molecule has 114 valence electrons. The van der Waals surface area contributed by atoms with E-state index in [0.717, 1.165) is 31.5 Å². The largest absolute Gasteiger partial charge is 0.478 e. The van der Waals surface area contributed by atoms with E-state index in [-0.39, 0.29) is 5.91 Å². The van der Waals surface area contributed by atoms with E-state index in [1.807, 2.05) is 10.9 Å². The zero-order valence-electron chi connectivity index (χ0n) is 12.3. The Morgan fingerprint density at radius 1 is 1.27 bits per heavy atom. The van der Waals surface area contributed by atoms with Gasteiger partial charge in [0.25, 0.3) is 11.8 Å². The maximum Gasteiger partial charge on any atom is 0.258 e. The van der Waals surface area contributed by atoms with Crippen molar-refractivity contribution in [3.05, 3.63) is 30.0 Å². The molecule has 0 saturated heterocycles. The van der Waals surface area contributed by atoms with Crippen LogP contribution in [0.5, 0.6) is 5.88 Å². The highest BCUT2D eigenvalue weighted by atomic mass is 16.5. The molecule has 2 aromatic rings. The fourth-order valence-corrected chi connectivity index (χ4v) is 2.34. The summed E-state index contributed by atoms with van der Waals surface area (Å²) in [6.45, 7) is 0. The fraction of sp³-hybridized carbons (Fsp3) is 0.467. The van der Waals surface area contributed by atoms with Crippen LogP contribution in [0.2, 0.25) is 0 Å². The number of amides is 1. The van der Waals surface area contributed by atoms with Gasteiger partial charge in [-0.2, -0.15) is 0 Å². The van der Waals surface area contributed by atoms with Crippen molar-refractivity contribution in [1.82, 2.24) is 19.7 Å². The number of methoxy groups -OCH3 is 1. The van der Waals surface area contributed by atoms with Crippen LogP contribution in [0.25, 0.3) is 0 Å². The summed E-state index contributed by atoms with van der Waals surface area (Å²) in [5, 5.41) is 7.15. The number of hydrogen-bond acceptors (Lipinski definition) is 5. The molecule has 2 aliphatic carbocycles. The second kappa shape index (κ2) is 5.08. The molecule has 0 aromatic carbocycles. The quantitative estimate of drug-likeness (QED) is 0.914. The van der Waals surface area contributed by atoms with E-state index in [2.05, 4.69) is 20.4 Å². The van der Waals surface area contributed by atoms with Crippen molar-refractivity contribution in [2.45, 2.75) is 37.6 Å². The summed E-state index contributed by atoms with van der Waals surface area (Å²) in [5.41, 5.74) is 1.01. The van der Waals surface area contributed by atoms with Gasteiger partial charge in [-0.05, 0) is 25.7 Å². The van der Waals surface area contributed by atoms with Gasteiger partial charge >= 0.3 is 0 Å². The second-order valence-electron chi connectivity index (χ2n) is 5.82. The predicted molar refractivity (Wildman–Crippen MR) is 79.0 cm³/mol. The van der Waals surface area contributed by atoms with E-state index in [4.69, 9.17) is 4.74 Å². The van der Waals surface area contributed by atoms with E-state index >= 15 is 0 Å². The summed E-state index contributed by atoms with van der Waals surface area (Å²) in [5.74, 6) is 1.48. The number of nitrogens with zero attached hydrogens (tertiary/aromatic N) is 4. The van der Waals surface area contributed by atoms with Gasteiger partial charge in [-0.15, -0.1) is 5.10 Å². The molecule has 0 unspecified atom stereocenters. The van der Waals surface area contributed by atoms with Crippen LogP contribution in [-0.2, 0) is 0 Å². The number of nitrogens with one attached hydrogen (secondary N) is 1. The first-order chi connectivity index (χ1) is 10.7. The molecule has 1 amide bonds. The maximum atomic E-state index is 12.3. The molecule has 2 heterocycles. The molecule has 0 spiro atoms. The van der Waals surface area contributed by atoms with Crippen molar-refractivity contribution in [1.29, 1.82) is 0 Å². The highest BCUT2D eigenvalue weighted by Gasteiger charge is 2.28. The zero-order valence-corrected chi connectivity index (χ0v) is 12.3. The van der Waals surface area contributed by atoms with Crippen LogP contribution in [0.4, 0.5) is 5.69 Å². The second-order valence-corrected chi connectivity index (χ2v) is 5.82. The summed E-state index contributed by atoms with van der Waals surface area (Å²) in [7, 11) is 1.54. The topological polar surface area (TPSA) is 81.9 Å². The maximum absolute atomic E-state index is 12.3. The molecule has 2 aromatic heterocycles. The average Bonchev–Trinajstić information content (AvgIpc) is 3.45. The Labute approximate surface area is 127 Å². The summed E-state index contributed by atoms with van der Waals surface area (Å²) in [6, 6.07) is 0.431. The Morgan fingerprint density at radius 2 is 2.00 bits per heavy atom. The third-order valence-corrected chi connectivity index (χ3v) is 3.94. The van der Waals surface area contributed by atoms with Crippen molar-refractivity contribution in [2.75, 3.05) is 12.4 Å². The van der Waals surface area contributed by atoms with Gasteiger partial charge < -0.3 is 10.1 Å². The molecule has 1 N–H and O–H groups in total. The van der Waals surface area contributed by atoms with Gasteiger partial charge in [0.1, 0.15) is 11.5 Å². The predicted octanol–water partition coefficient (Wildman–Crippen LogP) is 2.15. The van der Waals surface area contributed by atoms with Crippen LogP contribution in [-0.4, -0.2) is 32.8 Å². The number of aromatic nitrogens is 4. The Balaban J connectivity index is 1.50. The molecule has 7 heteroatoms. The lowest BCUT2D eigenvalue weighted by Gasteiger charge is -2.04. The van der Waals surface area contributed by atoms with Crippen LogP contribution in [0, 0.1) is 0 Å². The van der Waals surface area contributed by atoms with Gasteiger partial charge in [0.05, 0.1) is 24.9 Å². The van der Waals surface area contributed by atoms with Gasteiger partial charge in [0, 0.05) is 18.3 Å². The SMILES string of the molecule is COc1nn(C2CC2)cc1NC(=O)c1cnc(C2CC2)nc1. The third-order valence-electron chi connectivity index (χ3n) is 3.94. The number of carbonyl (C=O) groups is 1. The normalized spacial score (nSPS) is 17.3. The van der Waals surface area contributed by atoms with E-state index in [1.165, 1.54) is 0 Å². The van der Waals surface area contributed by atoms with E-state index < -0.39 is 0 Å². The Hall–Kier alpha value is -2.44. The average molecular weight is 299 g/mol. The zero-order chi connectivity index (χ0) is 15.1. The molecular weight excluding hydrogens is 282 g/mol. The molecule has 2 saturated carbocycles. The highest BCUT2D eigenvalue weighted by Crippen LogP contribution is 2.38. The minimum Gasteiger partial charge on any atom is -0.478 e. The Bertz CT molecular complexity index is 701. The van der Waals surface area contributed by atoms with Gasteiger partial charge in [0.2, 0.25) is 0 Å².